The van der Waals surface area contributed by atoms with Crippen molar-refractivity contribution in [2.24, 2.45) is 0 Å². The van der Waals surface area contributed by atoms with Crippen molar-refractivity contribution in [1.29, 1.82) is 0 Å². The number of halogens is 3. The highest BCUT2D eigenvalue weighted by Gasteiger charge is 2.41. The smallest absolute Gasteiger partial charge is 0.433 e. The maximum absolute atomic E-state index is 13.6. The molecule has 216 valence electrons. The SMILES string of the molecule is CC(C)c1cc(C(F)(F)F)n2nc(C3CCCN3C3CCSC3)cc2n1.O=C(O)CC(O)(CC(=O)O)C(=O)O. The number of fused-ring (bicyclic) bond motifs is 1. The molecule has 0 aromatic carbocycles. The van der Waals surface area contributed by atoms with Gasteiger partial charge in [-0.1, -0.05) is 13.8 Å². The monoisotopic (exact) mass is 576 g/mol. The van der Waals surface area contributed by atoms with Crippen LogP contribution in [0.15, 0.2) is 12.1 Å². The molecule has 2 unspecified atom stereocenters. The number of likely N-dealkylation sites (tertiary alicyclic amines) is 1. The highest BCUT2D eigenvalue weighted by atomic mass is 32.2. The predicted molar refractivity (Wildman–Crippen MR) is 134 cm³/mol. The van der Waals surface area contributed by atoms with Crippen LogP contribution in [0.2, 0.25) is 0 Å². The van der Waals surface area contributed by atoms with Gasteiger partial charge in [-0.2, -0.15) is 30.0 Å². The highest BCUT2D eigenvalue weighted by molar-refractivity contribution is 7.99. The number of rotatable bonds is 8. The van der Waals surface area contributed by atoms with E-state index in [1.807, 2.05) is 25.6 Å². The fourth-order valence-electron chi connectivity index (χ4n) is 4.71. The van der Waals surface area contributed by atoms with Gasteiger partial charge < -0.3 is 20.4 Å². The van der Waals surface area contributed by atoms with Crippen molar-refractivity contribution in [3.8, 4) is 0 Å². The van der Waals surface area contributed by atoms with E-state index in [2.05, 4.69) is 15.0 Å². The minimum atomic E-state index is -4.45. The number of aliphatic carboxylic acids is 3. The number of carboxylic acid groups (broad SMARTS) is 3. The summed E-state index contributed by atoms with van der Waals surface area (Å²) in [5.74, 6) is -2.82. The number of carbonyl (C=O) groups is 3. The maximum atomic E-state index is 13.6. The standard InChI is InChI=1S/C18H23F3N4S.C6H8O7/c1-11(2)13-8-16(18(19,20)21)25-17(22-13)9-14(23-25)15-4-3-6-24(15)12-5-7-26-10-12;7-3(8)1-6(13,5(11)12)2-4(9)10/h8-9,11-12,15H,3-7,10H2,1-2H3;13H,1-2H2,(H,7,8)(H,9,10)(H,11,12). The fourth-order valence-corrected chi connectivity index (χ4v) is 5.95. The molecule has 11 nitrogen and oxygen atoms in total. The molecule has 2 atom stereocenters. The summed E-state index contributed by atoms with van der Waals surface area (Å²) in [6, 6.07) is 3.50. The van der Waals surface area contributed by atoms with Crippen molar-refractivity contribution in [3.63, 3.8) is 0 Å². The third-order valence-corrected chi connectivity index (χ3v) is 7.79. The molecule has 39 heavy (non-hydrogen) atoms. The van der Waals surface area contributed by atoms with Crippen LogP contribution in [0.3, 0.4) is 0 Å². The zero-order valence-electron chi connectivity index (χ0n) is 21.4. The van der Waals surface area contributed by atoms with Crippen LogP contribution >= 0.6 is 11.8 Å². The van der Waals surface area contributed by atoms with E-state index in [4.69, 9.17) is 20.4 Å². The number of aromatic nitrogens is 3. The van der Waals surface area contributed by atoms with Crippen LogP contribution in [0.1, 0.15) is 75.0 Å². The van der Waals surface area contributed by atoms with E-state index in [0.717, 1.165) is 53.6 Å². The predicted octanol–water partition coefficient (Wildman–Crippen LogP) is 3.27. The van der Waals surface area contributed by atoms with Crippen molar-refractivity contribution >= 4 is 35.3 Å². The van der Waals surface area contributed by atoms with E-state index in [1.165, 1.54) is 0 Å². The Labute approximate surface area is 226 Å². The van der Waals surface area contributed by atoms with Crippen LogP contribution in [0.5, 0.6) is 0 Å². The van der Waals surface area contributed by atoms with Gasteiger partial charge in [0, 0.05) is 23.6 Å². The molecule has 0 aliphatic carbocycles. The number of aliphatic hydroxyl groups is 1. The summed E-state index contributed by atoms with van der Waals surface area (Å²) < 4.78 is 41.7. The zero-order chi connectivity index (χ0) is 29.1. The first-order valence-corrected chi connectivity index (χ1v) is 13.5. The van der Waals surface area contributed by atoms with Gasteiger partial charge in [0.2, 0.25) is 0 Å². The zero-order valence-corrected chi connectivity index (χ0v) is 22.2. The normalized spacial score (nSPS) is 20.3. The van der Waals surface area contributed by atoms with E-state index in [-0.39, 0.29) is 12.0 Å². The first-order valence-electron chi connectivity index (χ1n) is 12.3. The lowest BCUT2D eigenvalue weighted by Crippen LogP contribution is -2.42. The molecule has 0 bridgehead atoms. The highest BCUT2D eigenvalue weighted by Crippen LogP contribution is 2.38. The Morgan fingerprint density at radius 2 is 1.74 bits per heavy atom. The lowest BCUT2D eigenvalue weighted by atomic mass is 9.96. The van der Waals surface area contributed by atoms with E-state index in [9.17, 15) is 27.6 Å². The van der Waals surface area contributed by atoms with Gasteiger partial charge in [-0.15, -0.1) is 0 Å². The summed E-state index contributed by atoms with van der Waals surface area (Å²) >= 11 is 1.95. The van der Waals surface area contributed by atoms with Gasteiger partial charge >= 0.3 is 24.1 Å². The Bertz CT molecular complexity index is 1200. The molecular weight excluding hydrogens is 545 g/mol. The number of nitrogens with zero attached hydrogens (tertiary/aromatic N) is 4. The second-order valence-corrected chi connectivity index (χ2v) is 11.1. The second kappa shape index (κ2) is 12.1. The average molecular weight is 577 g/mol. The number of carboxylic acids is 3. The summed E-state index contributed by atoms with van der Waals surface area (Å²) in [4.78, 5) is 37.4. The van der Waals surface area contributed by atoms with Crippen LogP contribution in [0.25, 0.3) is 5.65 Å². The molecule has 4 heterocycles. The number of thioether (sulfide) groups is 1. The molecule has 0 amide bonds. The molecule has 0 spiro atoms. The lowest BCUT2D eigenvalue weighted by Gasteiger charge is -2.28. The molecule has 0 radical (unpaired) electrons. The average Bonchev–Trinajstić information content (AvgIpc) is 3.56. The Morgan fingerprint density at radius 1 is 1.10 bits per heavy atom. The Hall–Kier alpha value is -2.91. The summed E-state index contributed by atoms with van der Waals surface area (Å²) in [5.41, 5.74) is -2.01. The van der Waals surface area contributed by atoms with E-state index >= 15 is 0 Å². The van der Waals surface area contributed by atoms with Gasteiger partial charge in [0.25, 0.3) is 0 Å². The second-order valence-electron chi connectivity index (χ2n) is 9.95. The van der Waals surface area contributed by atoms with Crippen molar-refractivity contribution < 1.29 is 48.0 Å². The third kappa shape index (κ3) is 7.39. The number of hydrogen-bond acceptors (Lipinski definition) is 8. The fraction of sp³-hybridized carbons (Fsp3) is 0.625. The van der Waals surface area contributed by atoms with Gasteiger partial charge in [0.1, 0.15) is 5.69 Å². The Kier molecular flexibility index (Phi) is 9.49. The molecule has 4 N–H and O–H groups in total. The molecule has 2 aliphatic rings. The quantitative estimate of drug-likeness (QED) is 0.364. The summed E-state index contributed by atoms with van der Waals surface area (Å²) in [6.45, 7) is 4.71. The summed E-state index contributed by atoms with van der Waals surface area (Å²) in [7, 11) is 0. The van der Waals surface area contributed by atoms with Gasteiger partial charge in [-0.3, -0.25) is 14.5 Å². The van der Waals surface area contributed by atoms with Crippen LogP contribution in [0.4, 0.5) is 13.2 Å². The Balaban J connectivity index is 0.000000276. The van der Waals surface area contributed by atoms with Gasteiger partial charge in [-0.05, 0) is 43.5 Å². The molecule has 2 aromatic rings. The lowest BCUT2D eigenvalue weighted by molar-refractivity contribution is -0.170. The van der Waals surface area contributed by atoms with E-state index in [1.54, 1.807) is 6.07 Å². The van der Waals surface area contributed by atoms with E-state index < -0.39 is 48.2 Å². The molecule has 2 fully saturated rings. The number of hydrogen-bond donors (Lipinski definition) is 4. The van der Waals surface area contributed by atoms with Gasteiger partial charge in [0.05, 0.1) is 24.6 Å². The topological polar surface area (TPSA) is 166 Å². The molecular formula is C24H31F3N4O7S. The first-order chi connectivity index (χ1) is 18.1. The molecule has 2 aromatic heterocycles. The minimum Gasteiger partial charge on any atom is -0.481 e. The first kappa shape index (κ1) is 30.6. The van der Waals surface area contributed by atoms with Crippen LogP contribution < -0.4 is 0 Å². The van der Waals surface area contributed by atoms with E-state index in [0.29, 0.717) is 17.4 Å². The van der Waals surface area contributed by atoms with Crippen LogP contribution in [-0.4, -0.2) is 87.5 Å². The van der Waals surface area contributed by atoms with Crippen LogP contribution in [0, 0.1) is 0 Å². The van der Waals surface area contributed by atoms with Crippen molar-refractivity contribution in [2.45, 2.75) is 75.7 Å². The maximum Gasteiger partial charge on any atom is 0.433 e. The van der Waals surface area contributed by atoms with Crippen molar-refractivity contribution in [2.75, 3.05) is 18.1 Å². The summed E-state index contributed by atoms with van der Waals surface area (Å²) in [6.07, 6.45) is -3.58. The number of alkyl halides is 3. The minimum absolute atomic E-state index is 0.0713. The van der Waals surface area contributed by atoms with Crippen LogP contribution in [-0.2, 0) is 20.6 Å². The van der Waals surface area contributed by atoms with Gasteiger partial charge in [0.15, 0.2) is 11.2 Å². The molecule has 15 heteroatoms. The molecule has 2 saturated heterocycles. The third-order valence-electron chi connectivity index (χ3n) is 6.64. The Morgan fingerprint density at radius 3 is 2.23 bits per heavy atom. The van der Waals surface area contributed by atoms with Crippen molar-refractivity contribution in [3.05, 3.63) is 29.2 Å². The molecule has 0 saturated carbocycles. The van der Waals surface area contributed by atoms with Gasteiger partial charge in [-0.25, -0.2) is 14.3 Å². The van der Waals surface area contributed by atoms with Crippen molar-refractivity contribution in [1.82, 2.24) is 19.5 Å². The summed E-state index contributed by atoms with van der Waals surface area (Å²) in [5, 5.41) is 38.2. The molecule has 4 rings (SSSR count). The largest absolute Gasteiger partial charge is 0.481 e. The molecule has 2 aliphatic heterocycles.